The predicted octanol–water partition coefficient (Wildman–Crippen LogP) is 2.01. The summed E-state index contributed by atoms with van der Waals surface area (Å²) in [5, 5.41) is 1.01. The Kier molecular flexibility index (Phi) is 5.74. The lowest BCUT2D eigenvalue weighted by Gasteiger charge is -2.18. The van der Waals surface area contributed by atoms with Crippen LogP contribution in [-0.4, -0.2) is 47.1 Å². The standard InChI is InChI=1S/C21H23N3O6S2/c1-14-13-31(26,27)24(21(14)25)16-7-8-19(30-2)20(11-16)32(28,29)23-10-9-15-12-22-18-6-4-3-5-17(15)18/h3-8,11-12,14,22-23H,9-10,13H2,1-2H3/t14-/m1/s1. The lowest BCUT2D eigenvalue weighted by molar-refractivity contribution is -0.119. The minimum atomic E-state index is -4.05. The zero-order chi connectivity index (χ0) is 23.1. The van der Waals surface area contributed by atoms with Crippen molar-refractivity contribution in [3.63, 3.8) is 0 Å². The summed E-state index contributed by atoms with van der Waals surface area (Å²) in [6.07, 6.45) is 2.28. The molecule has 0 unspecified atom stereocenters. The van der Waals surface area contributed by atoms with E-state index in [1.165, 1.54) is 26.2 Å². The average Bonchev–Trinajstić information content (AvgIpc) is 3.25. The summed E-state index contributed by atoms with van der Waals surface area (Å²) in [4.78, 5) is 15.3. The summed E-state index contributed by atoms with van der Waals surface area (Å²) in [7, 11) is -6.59. The Bertz CT molecular complexity index is 1400. The van der Waals surface area contributed by atoms with Crippen molar-refractivity contribution in [3.8, 4) is 5.75 Å². The number of carbonyl (C=O) groups is 1. The fourth-order valence-corrected chi connectivity index (χ4v) is 6.86. The van der Waals surface area contributed by atoms with E-state index in [0.717, 1.165) is 22.5 Å². The van der Waals surface area contributed by atoms with Crippen LogP contribution in [0.3, 0.4) is 0 Å². The molecule has 1 saturated heterocycles. The molecule has 0 saturated carbocycles. The van der Waals surface area contributed by atoms with Crippen molar-refractivity contribution in [3.05, 3.63) is 54.2 Å². The van der Waals surface area contributed by atoms with Gasteiger partial charge in [-0.1, -0.05) is 25.1 Å². The maximum atomic E-state index is 13.0. The summed E-state index contributed by atoms with van der Waals surface area (Å²) >= 11 is 0. The Labute approximate surface area is 186 Å². The maximum Gasteiger partial charge on any atom is 0.244 e. The van der Waals surface area contributed by atoms with E-state index < -0.39 is 31.9 Å². The highest BCUT2D eigenvalue weighted by Crippen LogP contribution is 2.33. The molecule has 0 spiro atoms. The molecule has 1 amide bonds. The van der Waals surface area contributed by atoms with Crippen LogP contribution < -0.4 is 13.8 Å². The summed E-state index contributed by atoms with van der Waals surface area (Å²) in [6.45, 7) is 1.64. The highest BCUT2D eigenvalue weighted by Gasteiger charge is 2.42. The van der Waals surface area contributed by atoms with Gasteiger partial charge in [-0.25, -0.2) is 25.9 Å². The summed E-state index contributed by atoms with van der Waals surface area (Å²) < 4.78 is 59.3. The first kappa shape index (κ1) is 22.3. The molecule has 32 heavy (non-hydrogen) atoms. The van der Waals surface area contributed by atoms with Gasteiger partial charge in [0.2, 0.25) is 26.0 Å². The monoisotopic (exact) mass is 477 g/mol. The number of sulfonamides is 2. The van der Waals surface area contributed by atoms with Gasteiger partial charge in [0.1, 0.15) is 10.6 Å². The van der Waals surface area contributed by atoms with Crippen LogP contribution in [0.25, 0.3) is 10.9 Å². The fourth-order valence-electron chi connectivity index (χ4n) is 3.82. The number of benzene rings is 2. The fraction of sp³-hybridized carbons (Fsp3) is 0.286. The molecule has 4 rings (SSSR count). The molecule has 1 aromatic heterocycles. The van der Waals surface area contributed by atoms with Gasteiger partial charge in [0.15, 0.2) is 0 Å². The van der Waals surface area contributed by atoms with Crippen molar-refractivity contribution in [1.82, 2.24) is 9.71 Å². The Balaban J connectivity index is 1.60. The number of aromatic nitrogens is 1. The molecule has 1 aliphatic rings. The smallest absolute Gasteiger partial charge is 0.244 e. The number of hydrogen-bond acceptors (Lipinski definition) is 6. The van der Waals surface area contributed by atoms with Gasteiger partial charge in [0.05, 0.1) is 24.5 Å². The van der Waals surface area contributed by atoms with Crippen LogP contribution in [0.1, 0.15) is 12.5 Å². The molecule has 2 heterocycles. The lowest BCUT2D eigenvalue weighted by Crippen LogP contribution is -2.31. The third kappa shape index (κ3) is 3.98. The van der Waals surface area contributed by atoms with Crippen LogP contribution in [0.4, 0.5) is 5.69 Å². The Hall–Kier alpha value is -2.89. The number of H-pyrrole nitrogens is 1. The highest BCUT2D eigenvalue weighted by atomic mass is 32.2. The molecule has 170 valence electrons. The maximum absolute atomic E-state index is 13.0. The number of aromatic amines is 1. The summed E-state index contributed by atoms with van der Waals surface area (Å²) in [5.74, 6) is -1.56. The van der Waals surface area contributed by atoms with Crippen molar-refractivity contribution in [2.75, 3.05) is 23.7 Å². The molecule has 0 aliphatic carbocycles. The normalized spacial score (nSPS) is 18.4. The number of anilines is 1. The molecule has 0 radical (unpaired) electrons. The number of ether oxygens (including phenoxy) is 1. The highest BCUT2D eigenvalue weighted by molar-refractivity contribution is 7.94. The Morgan fingerprint density at radius 3 is 2.66 bits per heavy atom. The van der Waals surface area contributed by atoms with Gasteiger partial charge in [-0.3, -0.25) is 4.79 Å². The number of hydrogen-bond donors (Lipinski definition) is 2. The van der Waals surface area contributed by atoms with Crippen LogP contribution in [0.15, 0.2) is 53.6 Å². The van der Waals surface area contributed by atoms with Gasteiger partial charge in [-0.05, 0) is 36.2 Å². The van der Waals surface area contributed by atoms with Gasteiger partial charge in [0.25, 0.3) is 0 Å². The van der Waals surface area contributed by atoms with Gasteiger partial charge in [-0.2, -0.15) is 0 Å². The SMILES string of the molecule is COc1ccc(N2C(=O)[C@H](C)CS2(=O)=O)cc1S(=O)(=O)NCCc1c[nH]c2ccccc12. The first-order valence-corrected chi connectivity index (χ1v) is 13.0. The van der Waals surface area contributed by atoms with Crippen LogP contribution in [0, 0.1) is 5.92 Å². The minimum absolute atomic E-state index is 0.0304. The molecule has 0 bridgehead atoms. The second-order valence-electron chi connectivity index (χ2n) is 7.62. The van der Waals surface area contributed by atoms with E-state index in [1.807, 2.05) is 30.5 Å². The van der Waals surface area contributed by atoms with Crippen molar-refractivity contribution in [2.45, 2.75) is 18.2 Å². The largest absolute Gasteiger partial charge is 0.495 e. The molecule has 11 heteroatoms. The van der Waals surface area contributed by atoms with Crippen LogP contribution in [0.5, 0.6) is 5.75 Å². The van der Waals surface area contributed by atoms with E-state index in [9.17, 15) is 21.6 Å². The quantitative estimate of drug-likeness (QED) is 0.536. The number of methoxy groups -OCH3 is 1. The van der Waals surface area contributed by atoms with Crippen LogP contribution in [0.2, 0.25) is 0 Å². The van der Waals surface area contributed by atoms with E-state index in [0.29, 0.717) is 10.7 Å². The number of nitrogens with zero attached hydrogens (tertiary/aromatic N) is 1. The van der Waals surface area contributed by atoms with Crippen LogP contribution in [-0.2, 0) is 31.3 Å². The second kappa shape index (κ2) is 8.23. The zero-order valence-corrected chi connectivity index (χ0v) is 19.2. The Morgan fingerprint density at radius 2 is 1.97 bits per heavy atom. The first-order valence-electron chi connectivity index (χ1n) is 9.93. The number of carbonyl (C=O) groups excluding carboxylic acids is 1. The molecule has 1 atom stereocenters. The van der Waals surface area contributed by atoms with Crippen molar-refractivity contribution >= 4 is 42.5 Å². The van der Waals surface area contributed by atoms with E-state index in [-0.39, 0.29) is 28.6 Å². The third-order valence-electron chi connectivity index (χ3n) is 5.39. The van der Waals surface area contributed by atoms with Gasteiger partial charge in [-0.15, -0.1) is 0 Å². The topological polar surface area (TPSA) is 126 Å². The van der Waals surface area contributed by atoms with Gasteiger partial charge in [0, 0.05) is 23.6 Å². The zero-order valence-electron chi connectivity index (χ0n) is 17.5. The van der Waals surface area contributed by atoms with Gasteiger partial charge >= 0.3 is 0 Å². The lowest BCUT2D eigenvalue weighted by atomic mass is 10.1. The van der Waals surface area contributed by atoms with E-state index in [4.69, 9.17) is 4.74 Å². The van der Waals surface area contributed by atoms with Gasteiger partial charge < -0.3 is 9.72 Å². The van der Waals surface area contributed by atoms with Crippen LogP contribution >= 0.6 is 0 Å². The van der Waals surface area contributed by atoms with E-state index in [2.05, 4.69) is 9.71 Å². The molecular formula is C21H23N3O6S2. The van der Waals surface area contributed by atoms with E-state index in [1.54, 1.807) is 0 Å². The summed E-state index contributed by atoms with van der Waals surface area (Å²) in [5.41, 5.74) is 1.90. The third-order valence-corrected chi connectivity index (χ3v) is 8.74. The second-order valence-corrected chi connectivity index (χ2v) is 11.2. The van der Waals surface area contributed by atoms with E-state index >= 15 is 0 Å². The summed E-state index contributed by atoms with van der Waals surface area (Å²) in [6, 6.07) is 11.6. The first-order chi connectivity index (χ1) is 15.1. The number of para-hydroxylation sites is 1. The van der Waals surface area contributed by atoms with Crippen molar-refractivity contribution in [1.29, 1.82) is 0 Å². The molecule has 9 nitrogen and oxygen atoms in total. The molecule has 2 aromatic carbocycles. The minimum Gasteiger partial charge on any atom is -0.495 e. The molecule has 1 aliphatic heterocycles. The number of nitrogens with one attached hydrogen (secondary N) is 2. The molecule has 3 aromatic rings. The molecule has 2 N–H and O–H groups in total. The average molecular weight is 478 g/mol. The number of fused-ring (bicyclic) bond motifs is 1. The molecular weight excluding hydrogens is 454 g/mol. The number of amides is 1. The van der Waals surface area contributed by atoms with Crippen molar-refractivity contribution < 1.29 is 26.4 Å². The number of rotatable bonds is 7. The Morgan fingerprint density at radius 1 is 1.22 bits per heavy atom. The predicted molar refractivity (Wildman–Crippen MR) is 121 cm³/mol. The van der Waals surface area contributed by atoms with Crippen molar-refractivity contribution in [2.24, 2.45) is 5.92 Å². The molecule has 1 fully saturated rings.